The number of esters is 1. The number of hydrogen-bond acceptors (Lipinski definition) is 2. The summed E-state index contributed by atoms with van der Waals surface area (Å²) in [4.78, 5) is 12.4. The lowest BCUT2D eigenvalue weighted by Gasteiger charge is -2.49. The van der Waals surface area contributed by atoms with Crippen LogP contribution in [0.3, 0.4) is 0 Å². The molecule has 0 amide bonds. The molecule has 2 saturated carbocycles. The minimum atomic E-state index is 0.0578. The monoisotopic (exact) mass is 306 g/mol. The molecule has 1 aliphatic heterocycles. The number of fused-ring (bicyclic) bond motifs is 2. The molecular weight excluding hydrogens is 274 g/mol. The average molecular weight is 306 g/mol. The topological polar surface area (TPSA) is 42.9 Å². The first-order valence-corrected chi connectivity index (χ1v) is 9.16. The van der Waals surface area contributed by atoms with Gasteiger partial charge >= 0.3 is 5.97 Å². The maximum atomic E-state index is 12.4. The van der Waals surface area contributed by atoms with Crippen molar-refractivity contribution in [1.82, 2.24) is 0 Å². The molecule has 3 nitrogen and oxygen atoms in total. The Bertz CT molecular complexity index is 460. The number of carbonyl (C=O) groups excluding carboxylic acids is 1. The molecule has 1 saturated heterocycles. The van der Waals surface area contributed by atoms with E-state index in [9.17, 15) is 4.79 Å². The number of nitrogens with two attached hydrogens (primary N) is 1. The molecule has 1 heterocycles. The molecule has 3 fully saturated rings. The van der Waals surface area contributed by atoms with Crippen LogP contribution in [-0.4, -0.2) is 24.7 Å². The molecule has 3 heteroatoms. The summed E-state index contributed by atoms with van der Waals surface area (Å²) in [7, 11) is 0. The fourth-order valence-electron chi connectivity index (χ4n) is 5.07. The van der Waals surface area contributed by atoms with Crippen LogP contribution in [0.25, 0.3) is 0 Å². The van der Waals surface area contributed by atoms with Crippen LogP contribution in [-0.2, 0) is 9.53 Å². The van der Waals surface area contributed by atoms with Crippen molar-refractivity contribution < 1.29 is 14.8 Å². The Morgan fingerprint density at radius 2 is 2.27 bits per heavy atom. The molecule has 124 valence electrons. The highest BCUT2D eigenvalue weighted by Gasteiger charge is 2.55. The Balaban J connectivity index is 1.73. The first-order chi connectivity index (χ1) is 10.4. The van der Waals surface area contributed by atoms with E-state index in [1.165, 1.54) is 24.8 Å². The van der Waals surface area contributed by atoms with Gasteiger partial charge in [-0.15, -0.1) is 0 Å². The minimum absolute atomic E-state index is 0.0578. The summed E-state index contributed by atoms with van der Waals surface area (Å²) < 4.78 is 5.80. The molecule has 2 aliphatic carbocycles. The van der Waals surface area contributed by atoms with Gasteiger partial charge in [0.1, 0.15) is 12.0 Å². The first kappa shape index (κ1) is 16.0. The Morgan fingerprint density at radius 3 is 3.00 bits per heavy atom. The van der Waals surface area contributed by atoms with E-state index in [1.54, 1.807) is 0 Å². The molecule has 0 unspecified atom stereocenters. The van der Waals surface area contributed by atoms with Crippen LogP contribution in [0, 0.1) is 23.2 Å². The molecule has 6 atom stereocenters. The van der Waals surface area contributed by atoms with Crippen LogP contribution >= 0.6 is 0 Å². The Morgan fingerprint density at radius 1 is 1.50 bits per heavy atom. The third kappa shape index (κ3) is 2.73. The van der Waals surface area contributed by atoms with Crippen LogP contribution in [0.15, 0.2) is 12.2 Å². The highest BCUT2D eigenvalue weighted by molar-refractivity contribution is 5.75. The number of ether oxygens (including phenoxy) is 1. The summed E-state index contributed by atoms with van der Waals surface area (Å²) >= 11 is 0. The normalized spacial score (nSPS) is 42.5. The predicted octanol–water partition coefficient (Wildman–Crippen LogP) is 2.66. The molecule has 0 aromatic rings. The van der Waals surface area contributed by atoms with Crippen LogP contribution in [0.5, 0.6) is 0 Å². The van der Waals surface area contributed by atoms with Gasteiger partial charge in [0.05, 0.1) is 12.6 Å². The lowest BCUT2D eigenvalue weighted by atomic mass is 9.55. The molecule has 3 aliphatic rings. The lowest BCUT2D eigenvalue weighted by Crippen LogP contribution is -2.90. The third-order valence-corrected chi connectivity index (χ3v) is 6.76. The molecule has 2 N–H and O–H groups in total. The second-order valence-corrected chi connectivity index (χ2v) is 8.26. The number of quaternary nitrogens is 1. The van der Waals surface area contributed by atoms with Gasteiger partial charge in [-0.2, -0.15) is 0 Å². The predicted molar refractivity (Wildman–Crippen MR) is 87.2 cm³/mol. The van der Waals surface area contributed by atoms with Gasteiger partial charge in [0.2, 0.25) is 0 Å². The second-order valence-electron chi connectivity index (χ2n) is 8.26. The zero-order valence-electron chi connectivity index (χ0n) is 14.4. The van der Waals surface area contributed by atoms with Crippen molar-refractivity contribution >= 4 is 5.97 Å². The van der Waals surface area contributed by atoms with Crippen molar-refractivity contribution in [3.8, 4) is 0 Å². The van der Waals surface area contributed by atoms with Crippen LogP contribution < -0.4 is 5.32 Å². The summed E-state index contributed by atoms with van der Waals surface area (Å²) in [5, 5.41) is 2.33. The van der Waals surface area contributed by atoms with E-state index >= 15 is 0 Å². The van der Waals surface area contributed by atoms with E-state index in [1.807, 2.05) is 0 Å². The van der Waals surface area contributed by atoms with Crippen molar-refractivity contribution in [2.45, 2.75) is 71.4 Å². The maximum absolute atomic E-state index is 12.4. The first-order valence-electron chi connectivity index (χ1n) is 9.16. The van der Waals surface area contributed by atoms with E-state index in [0.29, 0.717) is 23.3 Å². The number of carbonyl (C=O) groups is 1. The summed E-state index contributed by atoms with van der Waals surface area (Å²) in [6.45, 7) is 12.1. The van der Waals surface area contributed by atoms with Crippen molar-refractivity contribution in [2.24, 2.45) is 23.2 Å². The van der Waals surface area contributed by atoms with Gasteiger partial charge in [0, 0.05) is 5.92 Å². The maximum Gasteiger partial charge on any atom is 0.315 e. The van der Waals surface area contributed by atoms with Gasteiger partial charge in [-0.1, -0.05) is 26.0 Å². The van der Waals surface area contributed by atoms with E-state index in [-0.39, 0.29) is 18.0 Å². The van der Waals surface area contributed by atoms with Gasteiger partial charge < -0.3 is 10.1 Å². The standard InChI is InChI=1S/C19H31NO2/c1-5-13(3)20-11-15-14-9-16-12(2)7-6-8-19(16,4)10-17(14)22-18(15)21/h13-17,20H,2,5-11H2,1,3-4H3/p+1/t13-,14-,15-,16-,17-,19-/m1/s1. The Hall–Kier alpha value is -0.830. The molecule has 0 aromatic heterocycles. The zero-order chi connectivity index (χ0) is 15.9. The zero-order valence-corrected chi connectivity index (χ0v) is 14.4. The molecule has 0 aromatic carbocycles. The quantitative estimate of drug-likeness (QED) is 0.641. The van der Waals surface area contributed by atoms with Crippen LogP contribution in [0.4, 0.5) is 0 Å². The molecule has 3 rings (SSSR count). The van der Waals surface area contributed by atoms with Crippen LogP contribution in [0.2, 0.25) is 0 Å². The summed E-state index contributed by atoms with van der Waals surface area (Å²) in [5.74, 6) is 1.17. The molecule has 22 heavy (non-hydrogen) atoms. The summed E-state index contributed by atoms with van der Waals surface area (Å²) in [6, 6.07) is 0.588. The minimum Gasteiger partial charge on any atom is -0.462 e. The highest BCUT2D eigenvalue weighted by Crippen LogP contribution is 2.56. The van der Waals surface area contributed by atoms with Gasteiger partial charge in [-0.05, 0) is 56.8 Å². The molecule has 0 radical (unpaired) electrons. The fraction of sp³-hybridized carbons (Fsp3) is 0.842. The second kappa shape index (κ2) is 5.99. The number of allylic oxidation sites excluding steroid dienone is 1. The van der Waals surface area contributed by atoms with Gasteiger partial charge in [-0.25, -0.2) is 0 Å². The van der Waals surface area contributed by atoms with Crippen LogP contribution in [0.1, 0.15) is 59.3 Å². The number of hydrogen-bond donors (Lipinski definition) is 1. The van der Waals surface area contributed by atoms with Crippen molar-refractivity contribution in [3.05, 3.63) is 12.2 Å². The van der Waals surface area contributed by atoms with Crippen molar-refractivity contribution in [2.75, 3.05) is 6.54 Å². The average Bonchev–Trinajstić information content (AvgIpc) is 2.77. The molecule has 0 bridgehead atoms. The molecule has 0 spiro atoms. The Labute approximate surface area is 134 Å². The van der Waals surface area contributed by atoms with E-state index in [4.69, 9.17) is 4.74 Å². The molecular formula is C19H32NO2+. The van der Waals surface area contributed by atoms with E-state index in [0.717, 1.165) is 25.8 Å². The summed E-state index contributed by atoms with van der Waals surface area (Å²) in [6.07, 6.45) is 7.17. The van der Waals surface area contributed by atoms with Gasteiger partial charge in [0.15, 0.2) is 0 Å². The SMILES string of the molecule is C=C1CCC[C@]2(C)C[C@H]3OC(=O)[C@H](C[NH2+][C@H](C)CC)[C@H]3C[C@H]12. The number of rotatable bonds is 4. The third-order valence-electron chi connectivity index (χ3n) is 6.76. The van der Waals surface area contributed by atoms with Gasteiger partial charge in [-0.3, -0.25) is 4.79 Å². The lowest BCUT2D eigenvalue weighted by molar-refractivity contribution is -0.690. The highest BCUT2D eigenvalue weighted by atomic mass is 16.6. The smallest absolute Gasteiger partial charge is 0.315 e. The van der Waals surface area contributed by atoms with E-state index in [2.05, 4.69) is 32.7 Å². The Kier molecular flexibility index (Phi) is 4.37. The largest absolute Gasteiger partial charge is 0.462 e. The fourth-order valence-corrected chi connectivity index (χ4v) is 5.07. The van der Waals surface area contributed by atoms with Crippen molar-refractivity contribution in [3.63, 3.8) is 0 Å². The van der Waals surface area contributed by atoms with Crippen molar-refractivity contribution in [1.29, 1.82) is 0 Å². The van der Waals surface area contributed by atoms with Gasteiger partial charge in [0.25, 0.3) is 0 Å². The summed E-state index contributed by atoms with van der Waals surface area (Å²) in [5.41, 5.74) is 1.74. The van der Waals surface area contributed by atoms with E-state index < -0.39 is 0 Å².